The molecule has 2 nitrogen and oxygen atoms in total. The van der Waals surface area contributed by atoms with Crippen LogP contribution < -0.4 is 10.6 Å². The fourth-order valence-corrected chi connectivity index (χ4v) is 3.42. The summed E-state index contributed by atoms with van der Waals surface area (Å²) in [5.74, 6) is 0. The Morgan fingerprint density at radius 1 is 0.696 bits per heavy atom. The zero-order valence-electron chi connectivity index (χ0n) is 15.6. The summed E-state index contributed by atoms with van der Waals surface area (Å²) in [6, 6.07) is 9.31. The van der Waals surface area contributed by atoms with Crippen molar-refractivity contribution in [2.75, 3.05) is 17.2 Å². The van der Waals surface area contributed by atoms with Crippen molar-refractivity contribution in [1.82, 2.24) is 0 Å². The van der Waals surface area contributed by atoms with E-state index < -0.39 is 0 Å². The highest BCUT2D eigenvalue weighted by molar-refractivity contribution is 5.60. The van der Waals surface area contributed by atoms with Crippen molar-refractivity contribution in [2.45, 2.75) is 54.5 Å². The van der Waals surface area contributed by atoms with Crippen LogP contribution in [-0.4, -0.2) is 12.6 Å². The number of anilines is 2. The minimum Gasteiger partial charge on any atom is -0.383 e. The summed E-state index contributed by atoms with van der Waals surface area (Å²) in [6.07, 6.45) is 0. The molecule has 0 radical (unpaired) electrons. The van der Waals surface area contributed by atoms with E-state index in [-0.39, 0.29) is 0 Å². The Morgan fingerprint density at radius 3 is 1.52 bits per heavy atom. The SMILES string of the molecule is Cc1cc(C)c(NCC(C)Nc2c(C)cc(C)cc2C)c(C)c1. The van der Waals surface area contributed by atoms with Gasteiger partial charge in [0, 0.05) is 24.0 Å². The third-order valence-corrected chi connectivity index (χ3v) is 4.33. The van der Waals surface area contributed by atoms with Crippen LogP contribution in [-0.2, 0) is 0 Å². The van der Waals surface area contributed by atoms with Gasteiger partial charge in [-0.2, -0.15) is 0 Å². The van der Waals surface area contributed by atoms with Crippen LogP contribution in [0, 0.1) is 41.5 Å². The van der Waals surface area contributed by atoms with Crippen molar-refractivity contribution in [3.05, 3.63) is 57.6 Å². The fraction of sp³-hybridized carbons (Fsp3) is 0.429. The van der Waals surface area contributed by atoms with Crippen molar-refractivity contribution in [3.63, 3.8) is 0 Å². The van der Waals surface area contributed by atoms with Gasteiger partial charge in [-0.3, -0.25) is 0 Å². The number of hydrogen-bond acceptors (Lipinski definition) is 2. The lowest BCUT2D eigenvalue weighted by atomic mass is 10.0. The van der Waals surface area contributed by atoms with Gasteiger partial charge < -0.3 is 10.6 Å². The molecule has 2 aromatic rings. The van der Waals surface area contributed by atoms with Crippen molar-refractivity contribution < 1.29 is 0 Å². The number of nitrogens with one attached hydrogen (secondary N) is 2. The summed E-state index contributed by atoms with van der Waals surface area (Å²) < 4.78 is 0. The second-order valence-electron chi connectivity index (χ2n) is 6.97. The molecular weight excluding hydrogens is 280 g/mol. The fourth-order valence-electron chi connectivity index (χ4n) is 3.42. The van der Waals surface area contributed by atoms with Gasteiger partial charge in [0.2, 0.25) is 0 Å². The molecule has 0 amide bonds. The van der Waals surface area contributed by atoms with Crippen molar-refractivity contribution >= 4 is 11.4 Å². The lowest BCUT2D eigenvalue weighted by molar-refractivity contribution is 0.830. The molecule has 2 rings (SSSR count). The molecule has 0 saturated carbocycles. The average Bonchev–Trinajstić information content (AvgIpc) is 2.41. The van der Waals surface area contributed by atoms with E-state index in [1.807, 2.05) is 0 Å². The van der Waals surface area contributed by atoms with Crippen LogP contribution in [0.25, 0.3) is 0 Å². The summed E-state index contributed by atoms with van der Waals surface area (Å²) in [5, 5.41) is 7.28. The van der Waals surface area contributed by atoms with Gasteiger partial charge in [-0.05, 0) is 70.7 Å². The third kappa shape index (κ3) is 4.28. The van der Waals surface area contributed by atoms with Crippen LogP contribution >= 0.6 is 0 Å². The van der Waals surface area contributed by atoms with Crippen LogP contribution in [0.1, 0.15) is 40.3 Å². The molecule has 0 aliphatic rings. The number of benzene rings is 2. The van der Waals surface area contributed by atoms with E-state index in [1.54, 1.807) is 0 Å². The molecule has 0 aromatic heterocycles. The molecule has 1 unspecified atom stereocenters. The first-order valence-electron chi connectivity index (χ1n) is 8.44. The Balaban J connectivity index is 2.05. The topological polar surface area (TPSA) is 24.1 Å². The monoisotopic (exact) mass is 310 g/mol. The number of aryl methyl sites for hydroxylation is 6. The van der Waals surface area contributed by atoms with E-state index >= 15 is 0 Å². The zero-order valence-corrected chi connectivity index (χ0v) is 15.6. The molecule has 2 N–H and O–H groups in total. The van der Waals surface area contributed by atoms with Gasteiger partial charge in [0.05, 0.1) is 0 Å². The quantitative estimate of drug-likeness (QED) is 0.767. The zero-order chi connectivity index (χ0) is 17.1. The summed E-state index contributed by atoms with van der Waals surface area (Å²) in [6.45, 7) is 16.1. The van der Waals surface area contributed by atoms with Crippen LogP contribution in [0.5, 0.6) is 0 Å². The highest BCUT2D eigenvalue weighted by Gasteiger charge is 2.09. The molecule has 0 heterocycles. The van der Waals surface area contributed by atoms with E-state index in [2.05, 4.69) is 83.4 Å². The summed E-state index contributed by atoms with van der Waals surface area (Å²) in [5.41, 5.74) is 10.4. The Kier molecular flexibility index (Phi) is 5.35. The average molecular weight is 310 g/mol. The first-order valence-corrected chi connectivity index (χ1v) is 8.44. The molecule has 0 fully saturated rings. The van der Waals surface area contributed by atoms with Gasteiger partial charge in [0.1, 0.15) is 0 Å². The van der Waals surface area contributed by atoms with Gasteiger partial charge in [-0.25, -0.2) is 0 Å². The molecule has 0 bridgehead atoms. The molecule has 0 spiro atoms. The van der Waals surface area contributed by atoms with E-state index in [1.165, 1.54) is 44.8 Å². The van der Waals surface area contributed by atoms with Gasteiger partial charge in [-0.1, -0.05) is 35.4 Å². The predicted molar refractivity (Wildman–Crippen MR) is 103 cm³/mol. The van der Waals surface area contributed by atoms with Crippen molar-refractivity contribution in [2.24, 2.45) is 0 Å². The van der Waals surface area contributed by atoms with Gasteiger partial charge in [0.25, 0.3) is 0 Å². The molecule has 0 aliphatic heterocycles. The van der Waals surface area contributed by atoms with E-state index in [4.69, 9.17) is 0 Å². The molecular formula is C21H30N2. The second kappa shape index (κ2) is 7.08. The van der Waals surface area contributed by atoms with E-state index in [0.717, 1.165) is 6.54 Å². The van der Waals surface area contributed by atoms with Crippen LogP contribution in [0.2, 0.25) is 0 Å². The standard InChI is InChI=1S/C21H30N2/c1-13-8-15(3)20(16(4)9-13)22-12-19(7)23-21-17(5)10-14(2)11-18(21)6/h8-11,19,22-23H,12H2,1-7H3. The summed E-state index contributed by atoms with van der Waals surface area (Å²) in [7, 11) is 0. The Morgan fingerprint density at radius 2 is 1.09 bits per heavy atom. The van der Waals surface area contributed by atoms with Gasteiger partial charge in [0.15, 0.2) is 0 Å². The molecule has 2 aromatic carbocycles. The normalized spacial score (nSPS) is 12.1. The molecule has 0 aliphatic carbocycles. The molecule has 124 valence electrons. The molecule has 0 saturated heterocycles. The first kappa shape index (κ1) is 17.4. The highest BCUT2D eigenvalue weighted by Crippen LogP contribution is 2.24. The minimum absolute atomic E-state index is 0.357. The van der Waals surface area contributed by atoms with Crippen LogP contribution in [0.3, 0.4) is 0 Å². The molecule has 23 heavy (non-hydrogen) atoms. The Hall–Kier alpha value is -1.96. The Labute approximate surface area is 141 Å². The summed E-state index contributed by atoms with van der Waals surface area (Å²) >= 11 is 0. The lowest BCUT2D eigenvalue weighted by Crippen LogP contribution is -2.26. The lowest BCUT2D eigenvalue weighted by Gasteiger charge is -2.22. The highest BCUT2D eigenvalue weighted by atomic mass is 15.0. The van der Waals surface area contributed by atoms with Crippen LogP contribution in [0.4, 0.5) is 11.4 Å². The smallest absolute Gasteiger partial charge is 0.0406 e. The van der Waals surface area contributed by atoms with Crippen molar-refractivity contribution in [1.29, 1.82) is 0 Å². The Bertz CT molecular complexity index is 655. The van der Waals surface area contributed by atoms with Gasteiger partial charge in [-0.15, -0.1) is 0 Å². The maximum atomic E-state index is 3.66. The maximum Gasteiger partial charge on any atom is 0.0406 e. The van der Waals surface area contributed by atoms with E-state index in [0.29, 0.717) is 6.04 Å². The minimum atomic E-state index is 0.357. The number of hydrogen-bond donors (Lipinski definition) is 2. The molecule has 2 heteroatoms. The third-order valence-electron chi connectivity index (χ3n) is 4.33. The predicted octanol–water partition coefficient (Wildman–Crippen LogP) is 5.45. The largest absolute Gasteiger partial charge is 0.383 e. The van der Waals surface area contributed by atoms with Gasteiger partial charge >= 0.3 is 0 Å². The van der Waals surface area contributed by atoms with Crippen LogP contribution in [0.15, 0.2) is 24.3 Å². The second-order valence-corrected chi connectivity index (χ2v) is 6.97. The maximum absolute atomic E-state index is 3.66. The van der Waals surface area contributed by atoms with Crippen molar-refractivity contribution in [3.8, 4) is 0 Å². The summed E-state index contributed by atoms with van der Waals surface area (Å²) in [4.78, 5) is 0. The molecule has 1 atom stereocenters. The number of rotatable bonds is 5. The first-order chi connectivity index (χ1) is 10.8. The van der Waals surface area contributed by atoms with E-state index in [9.17, 15) is 0 Å².